The van der Waals surface area contributed by atoms with Crippen LogP contribution in [0.25, 0.3) is 21.5 Å². The summed E-state index contributed by atoms with van der Waals surface area (Å²) in [4.78, 5) is 20.9. The summed E-state index contributed by atoms with van der Waals surface area (Å²) in [6, 6.07) is 20.4. The maximum absolute atomic E-state index is 12.2. The lowest BCUT2D eigenvalue weighted by molar-refractivity contribution is -0.118. The van der Waals surface area contributed by atoms with Crippen LogP contribution in [0.3, 0.4) is 0 Å². The van der Waals surface area contributed by atoms with E-state index in [4.69, 9.17) is 0 Å². The zero-order valence-corrected chi connectivity index (χ0v) is 17.0. The van der Waals surface area contributed by atoms with E-state index >= 15 is 0 Å². The number of carbonyl (C=O) groups is 1. The number of aryl methyl sites for hydroxylation is 2. The first-order valence-electron chi connectivity index (χ1n) is 9.27. The molecule has 4 rings (SSSR count). The number of fused-ring (bicyclic) bond motifs is 2. The third kappa shape index (κ3) is 4.43. The number of thioether (sulfide) groups is 1. The first kappa shape index (κ1) is 19.1. The molecule has 5 nitrogen and oxygen atoms in total. The topological polar surface area (TPSA) is 67.2 Å². The van der Waals surface area contributed by atoms with Crippen LogP contribution in [0.4, 0.5) is 0 Å². The van der Waals surface area contributed by atoms with E-state index in [-0.39, 0.29) is 11.7 Å². The lowest BCUT2D eigenvalue weighted by Gasteiger charge is -2.08. The Kier molecular flexibility index (Phi) is 5.53. The van der Waals surface area contributed by atoms with Crippen molar-refractivity contribution in [2.45, 2.75) is 19.0 Å². The molecule has 29 heavy (non-hydrogen) atoms. The molecule has 144 valence electrons. The molecule has 1 N–H and O–H groups in total. The molecule has 0 saturated carbocycles. The van der Waals surface area contributed by atoms with Gasteiger partial charge in [0.25, 0.3) is 5.91 Å². The fourth-order valence-corrected chi connectivity index (χ4v) is 4.02. The molecule has 0 unspecified atom stereocenters. The summed E-state index contributed by atoms with van der Waals surface area (Å²) in [5, 5.41) is 9.29. The largest absolute Gasteiger partial charge is 0.272 e. The van der Waals surface area contributed by atoms with Crippen molar-refractivity contribution in [1.29, 1.82) is 0 Å². The molecule has 6 heteroatoms. The highest BCUT2D eigenvalue weighted by atomic mass is 32.2. The molecule has 0 spiro atoms. The Balaban J connectivity index is 1.51. The average molecular weight is 401 g/mol. The Morgan fingerprint density at radius 2 is 1.55 bits per heavy atom. The summed E-state index contributed by atoms with van der Waals surface area (Å²) >= 11 is 1.30. The summed E-state index contributed by atoms with van der Waals surface area (Å²) in [6.45, 7) is 3.83. The van der Waals surface area contributed by atoms with Crippen LogP contribution in [0.2, 0.25) is 0 Å². The predicted octanol–water partition coefficient (Wildman–Crippen LogP) is 4.64. The second kappa shape index (κ2) is 8.41. The Labute approximate surface area is 173 Å². The molecular formula is C23H20N4OS. The van der Waals surface area contributed by atoms with Crippen LogP contribution in [0, 0.1) is 13.8 Å². The number of carbonyl (C=O) groups excluding carboxylic acids is 1. The van der Waals surface area contributed by atoms with Gasteiger partial charge in [0, 0.05) is 17.0 Å². The lowest BCUT2D eigenvalue weighted by atomic mass is 9.97. The van der Waals surface area contributed by atoms with E-state index < -0.39 is 0 Å². The van der Waals surface area contributed by atoms with Crippen molar-refractivity contribution in [3.8, 4) is 0 Å². The lowest BCUT2D eigenvalue weighted by Crippen LogP contribution is -2.19. The van der Waals surface area contributed by atoms with Gasteiger partial charge in [-0.15, -0.1) is 0 Å². The van der Waals surface area contributed by atoms with Gasteiger partial charge in [0.15, 0.2) is 5.16 Å². The smallest absolute Gasteiger partial charge is 0.250 e. The number of hydrogen-bond donors (Lipinski definition) is 1. The molecule has 1 heterocycles. The van der Waals surface area contributed by atoms with E-state index in [0.29, 0.717) is 5.16 Å². The van der Waals surface area contributed by atoms with Gasteiger partial charge >= 0.3 is 0 Å². The number of nitrogens with zero attached hydrogens (tertiary/aromatic N) is 3. The highest BCUT2D eigenvalue weighted by molar-refractivity contribution is 7.99. The number of hydrazone groups is 1. The van der Waals surface area contributed by atoms with E-state index in [0.717, 1.165) is 38.5 Å². The Bertz CT molecular complexity index is 1160. The van der Waals surface area contributed by atoms with E-state index in [1.807, 2.05) is 44.2 Å². The molecule has 0 fully saturated rings. The molecule has 0 aliphatic carbocycles. The maximum atomic E-state index is 12.2. The van der Waals surface area contributed by atoms with Gasteiger partial charge in [0.05, 0.1) is 12.0 Å². The quantitative estimate of drug-likeness (QED) is 0.174. The van der Waals surface area contributed by atoms with Gasteiger partial charge in [-0.05, 0) is 47.5 Å². The van der Waals surface area contributed by atoms with Crippen molar-refractivity contribution in [2.75, 3.05) is 5.75 Å². The minimum absolute atomic E-state index is 0.196. The minimum Gasteiger partial charge on any atom is -0.272 e. The van der Waals surface area contributed by atoms with Gasteiger partial charge in [-0.1, -0.05) is 60.3 Å². The van der Waals surface area contributed by atoms with Crippen LogP contribution in [-0.2, 0) is 4.79 Å². The summed E-state index contributed by atoms with van der Waals surface area (Å²) in [5.74, 6) is 0.00909. The summed E-state index contributed by atoms with van der Waals surface area (Å²) in [6.07, 6.45) is 1.72. The van der Waals surface area contributed by atoms with E-state index in [1.54, 1.807) is 6.21 Å². The third-order valence-electron chi connectivity index (χ3n) is 4.49. The Morgan fingerprint density at radius 1 is 0.966 bits per heavy atom. The van der Waals surface area contributed by atoms with Crippen LogP contribution in [0.15, 0.2) is 70.9 Å². The van der Waals surface area contributed by atoms with Crippen LogP contribution < -0.4 is 5.43 Å². The summed E-state index contributed by atoms with van der Waals surface area (Å²) in [5.41, 5.74) is 5.38. The fraction of sp³-hybridized carbons (Fsp3) is 0.130. The van der Waals surface area contributed by atoms with Crippen molar-refractivity contribution in [3.63, 3.8) is 0 Å². The Morgan fingerprint density at radius 3 is 2.17 bits per heavy atom. The zero-order valence-electron chi connectivity index (χ0n) is 16.2. The third-order valence-corrected chi connectivity index (χ3v) is 5.34. The number of aromatic nitrogens is 2. The van der Waals surface area contributed by atoms with Gasteiger partial charge in [0.1, 0.15) is 0 Å². The van der Waals surface area contributed by atoms with Gasteiger partial charge in [-0.3, -0.25) is 4.79 Å². The van der Waals surface area contributed by atoms with Crippen molar-refractivity contribution < 1.29 is 4.79 Å². The highest BCUT2D eigenvalue weighted by Crippen LogP contribution is 2.27. The fourth-order valence-electron chi connectivity index (χ4n) is 3.28. The number of benzene rings is 3. The second-order valence-corrected chi connectivity index (χ2v) is 7.69. The minimum atomic E-state index is -0.196. The molecule has 1 amide bonds. The number of hydrogen-bond acceptors (Lipinski definition) is 5. The summed E-state index contributed by atoms with van der Waals surface area (Å²) in [7, 11) is 0. The van der Waals surface area contributed by atoms with Crippen LogP contribution >= 0.6 is 11.8 Å². The maximum Gasteiger partial charge on any atom is 0.250 e. The van der Waals surface area contributed by atoms with Crippen molar-refractivity contribution in [2.24, 2.45) is 5.10 Å². The molecule has 0 bridgehead atoms. The van der Waals surface area contributed by atoms with Gasteiger partial charge in [0.2, 0.25) is 0 Å². The van der Waals surface area contributed by atoms with Gasteiger partial charge < -0.3 is 0 Å². The van der Waals surface area contributed by atoms with Gasteiger partial charge in [-0.2, -0.15) is 5.10 Å². The first-order chi connectivity index (χ1) is 14.1. The molecule has 0 aliphatic rings. The standard InChI is InChI=1S/C23H20N4OS/c1-15-11-16(2)26-23(25-15)29-14-22(28)27-24-13-21-19-9-5-3-7-17(19)12-18-8-4-6-10-20(18)21/h3-13H,14H2,1-2H3,(H,27,28)/b24-13+. The monoisotopic (exact) mass is 400 g/mol. The van der Waals surface area contributed by atoms with Crippen LogP contribution in [-0.4, -0.2) is 27.8 Å². The summed E-state index contributed by atoms with van der Waals surface area (Å²) < 4.78 is 0. The Hall–Kier alpha value is -3.25. The number of amides is 1. The first-order valence-corrected chi connectivity index (χ1v) is 10.3. The van der Waals surface area contributed by atoms with Crippen LogP contribution in [0.1, 0.15) is 17.0 Å². The van der Waals surface area contributed by atoms with Crippen molar-refractivity contribution in [1.82, 2.24) is 15.4 Å². The van der Waals surface area contributed by atoms with Crippen molar-refractivity contribution in [3.05, 3.63) is 77.6 Å². The van der Waals surface area contributed by atoms with Gasteiger partial charge in [-0.25, -0.2) is 15.4 Å². The molecule has 1 aromatic heterocycles. The molecule has 0 radical (unpaired) electrons. The van der Waals surface area contributed by atoms with Crippen molar-refractivity contribution >= 4 is 45.4 Å². The molecule has 0 saturated heterocycles. The number of nitrogens with one attached hydrogen (secondary N) is 1. The van der Waals surface area contributed by atoms with Crippen LogP contribution in [0.5, 0.6) is 0 Å². The van der Waals surface area contributed by atoms with E-state index in [2.05, 4.69) is 50.8 Å². The molecule has 0 atom stereocenters. The number of rotatable bonds is 5. The normalized spacial score (nSPS) is 11.4. The average Bonchev–Trinajstić information content (AvgIpc) is 2.71. The predicted molar refractivity (Wildman–Crippen MR) is 119 cm³/mol. The van der Waals surface area contributed by atoms with E-state index in [1.165, 1.54) is 11.8 Å². The highest BCUT2D eigenvalue weighted by Gasteiger charge is 2.07. The zero-order chi connectivity index (χ0) is 20.2. The molecule has 3 aromatic carbocycles. The molecular weight excluding hydrogens is 380 g/mol. The molecule has 4 aromatic rings. The SMILES string of the molecule is Cc1cc(C)nc(SCC(=O)N/N=C/c2c3ccccc3cc3ccccc23)n1. The van der Waals surface area contributed by atoms with E-state index in [9.17, 15) is 4.79 Å². The second-order valence-electron chi connectivity index (χ2n) is 6.75. The molecule has 0 aliphatic heterocycles.